The average Bonchev–Trinajstić information content (AvgIpc) is 2.23. The molecule has 2 rings (SSSR count). The number of aliphatic imine (C=N–C) groups is 1. The molecule has 14 heavy (non-hydrogen) atoms. The van der Waals surface area contributed by atoms with Crippen LogP contribution >= 0.6 is 0 Å². The molecule has 0 radical (unpaired) electrons. The summed E-state index contributed by atoms with van der Waals surface area (Å²) in [5, 5.41) is 3.41. The van der Waals surface area contributed by atoms with Gasteiger partial charge in [0.2, 0.25) is 0 Å². The van der Waals surface area contributed by atoms with Crippen LogP contribution in [0.5, 0.6) is 0 Å². The van der Waals surface area contributed by atoms with Crippen molar-refractivity contribution in [2.45, 2.75) is 25.7 Å². The molecule has 0 aliphatic carbocycles. The van der Waals surface area contributed by atoms with Crippen molar-refractivity contribution in [2.24, 2.45) is 10.9 Å². The summed E-state index contributed by atoms with van der Waals surface area (Å²) < 4.78 is 0. The Labute approximate surface area is 86.6 Å². The highest BCUT2D eigenvalue weighted by Crippen LogP contribution is 2.18. The van der Waals surface area contributed by atoms with Crippen molar-refractivity contribution in [1.82, 2.24) is 10.2 Å². The van der Waals surface area contributed by atoms with Crippen molar-refractivity contribution in [3.05, 3.63) is 0 Å². The van der Waals surface area contributed by atoms with Gasteiger partial charge in [-0.15, -0.1) is 0 Å². The summed E-state index contributed by atoms with van der Waals surface area (Å²) in [6.07, 6.45) is 5.09. The van der Waals surface area contributed by atoms with Crippen LogP contribution in [0.15, 0.2) is 4.99 Å². The van der Waals surface area contributed by atoms with Gasteiger partial charge in [0.05, 0.1) is 5.84 Å². The zero-order valence-corrected chi connectivity index (χ0v) is 9.13. The van der Waals surface area contributed by atoms with E-state index in [2.05, 4.69) is 22.3 Å². The zero-order chi connectivity index (χ0) is 9.80. The molecule has 1 saturated heterocycles. The van der Waals surface area contributed by atoms with E-state index in [1.165, 1.54) is 51.2 Å². The van der Waals surface area contributed by atoms with Crippen LogP contribution in [0, 0.1) is 5.92 Å². The maximum absolute atomic E-state index is 4.63. The second kappa shape index (κ2) is 4.78. The van der Waals surface area contributed by atoms with Gasteiger partial charge in [-0.3, -0.25) is 4.99 Å². The molecular weight excluding hydrogens is 174 g/mol. The predicted molar refractivity (Wildman–Crippen MR) is 59.8 cm³/mol. The standard InChI is InChI=1S/C11H21N3/c1-14-8-2-5-13-11(14)9-10-3-6-12-7-4-10/h10,12H,2-9H2,1H3. The van der Waals surface area contributed by atoms with Crippen molar-refractivity contribution in [2.75, 3.05) is 33.2 Å². The normalized spacial score (nSPS) is 24.9. The third-order valence-electron chi connectivity index (χ3n) is 3.32. The smallest absolute Gasteiger partial charge is 0.0989 e. The summed E-state index contributed by atoms with van der Waals surface area (Å²) in [7, 11) is 2.18. The summed E-state index contributed by atoms with van der Waals surface area (Å²) in [4.78, 5) is 6.97. The Kier molecular flexibility index (Phi) is 3.40. The summed E-state index contributed by atoms with van der Waals surface area (Å²) in [5.41, 5.74) is 0. The number of hydrogen-bond donors (Lipinski definition) is 1. The fourth-order valence-corrected chi connectivity index (χ4v) is 2.33. The lowest BCUT2D eigenvalue weighted by Crippen LogP contribution is -2.36. The number of nitrogens with one attached hydrogen (secondary N) is 1. The molecule has 0 unspecified atom stereocenters. The number of hydrogen-bond acceptors (Lipinski definition) is 3. The fourth-order valence-electron chi connectivity index (χ4n) is 2.33. The molecule has 80 valence electrons. The van der Waals surface area contributed by atoms with E-state index in [1.807, 2.05) is 0 Å². The van der Waals surface area contributed by atoms with Crippen LogP contribution in [-0.2, 0) is 0 Å². The van der Waals surface area contributed by atoms with Crippen LogP contribution in [0.2, 0.25) is 0 Å². The Balaban J connectivity index is 1.85. The van der Waals surface area contributed by atoms with E-state index in [1.54, 1.807) is 0 Å². The van der Waals surface area contributed by atoms with Crippen LogP contribution in [0.3, 0.4) is 0 Å². The van der Waals surface area contributed by atoms with Crippen molar-refractivity contribution in [3.63, 3.8) is 0 Å². The minimum atomic E-state index is 0.871. The van der Waals surface area contributed by atoms with Gasteiger partial charge >= 0.3 is 0 Å². The SMILES string of the molecule is CN1CCCN=C1CC1CCNCC1. The second-order valence-electron chi connectivity index (χ2n) is 4.47. The highest BCUT2D eigenvalue weighted by Gasteiger charge is 2.18. The first-order chi connectivity index (χ1) is 6.86. The predicted octanol–water partition coefficient (Wildman–Crippen LogP) is 1.11. The van der Waals surface area contributed by atoms with Gasteiger partial charge in [0.1, 0.15) is 0 Å². The van der Waals surface area contributed by atoms with Crippen LogP contribution in [0.1, 0.15) is 25.7 Å². The van der Waals surface area contributed by atoms with Gasteiger partial charge in [-0.25, -0.2) is 0 Å². The lowest BCUT2D eigenvalue weighted by atomic mass is 9.93. The van der Waals surface area contributed by atoms with Gasteiger partial charge in [-0.2, -0.15) is 0 Å². The summed E-state index contributed by atoms with van der Waals surface area (Å²) >= 11 is 0. The van der Waals surface area contributed by atoms with Gasteiger partial charge in [-0.1, -0.05) is 0 Å². The van der Waals surface area contributed by atoms with Crippen LogP contribution in [0.25, 0.3) is 0 Å². The lowest BCUT2D eigenvalue weighted by Gasteiger charge is -2.29. The molecule has 1 N–H and O–H groups in total. The number of rotatable bonds is 2. The van der Waals surface area contributed by atoms with Crippen molar-refractivity contribution >= 4 is 5.84 Å². The minimum absolute atomic E-state index is 0.871. The van der Waals surface area contributed by atoms with E-state index < -0.39 is 0 Å². The summed E-state index contributed by atoms with van der Waals surface area (Å²) in [6.45, 7) is 4.64. The Bertz CT molecular complexity index is 207. The minimum Gasteiger partial charge on any atom is -0.363 e. The monoisotopic (exact) mass is 195 g/mol. The third kappa shape index (κ3) is 2.47. The van der Waals surface area contributed by atoms with Gasteiger partial charge < -0.3 is 10.2 Å². The molecule has 0 bridgehead atoms. The van der Waals surface area contributed by atoms with Crippen LogP contribution in [0.4, 0.5) is 0 Å². The van der Waals surface area contributed by atoms with E-state index in [0.29, 0.717) is 0 Å². The third-order valence-corrected chi connectivity index (χ3v) is 3.32. The van der Waals surface area contributed by atoms with Crippen molar-refractivity contribution < 1.29 is 0 Å². The molecule has 0 aromatic carbocycles. The second-order valence-corrected chi connectivity index (χ2v) is 4.47. The van der Waals surface area contributed by atoms with Gasteiger partial charge in [0.15, 0.2) is 0 Å². The number of nitrogens with zero attached hydrogens (tertiary/aromatic N) is 2. The van der Waals surface area contributed by atoms with Crippen molar-refractivity contribution in [3.8, 4) is 0 Å². The quantitative estimate of drug-likeness (QED) is 0.715. The fraction of sp³-hybridized carbons (Fsp3) is 0.909. The first-order valence-corrected chi connectivity index (χ1v) is 5.81. The van der Waals surface area contributed by atoms with Crippen molar-refractivity contribution in [1.29, 1.82) is 0 Å². The van der Waals surface area contributed by atoms with Crippen LogP contribution in [-0.4, -0.2) is 44.0 Å². The van der Waals surface area contributed by atoms with E-state index in [0.717, 1.165) is 12.5 Å². The first-order valence-electron chi connectivity index (χ1n) is 5.81. The molecule has 2 aliphatic rings. The first kappa shape index (κ1) is 9.97. The molecule has 0 aromatic rings. The average molecular weight is 195 g/mol. The summed E-state index contributed by atoms with van der Waals surface area (Å²) in [5.74, 6) is 2.22. The lowest BCUT2D eigenvalue weighted by molar-refractivity contribution is 0.363. The van der Waals surface area contributed by atoms with Gasteiger partial charge in [-0.05, 0) is 38.3 Å². The molecule has 2 aliphatic heterocycles. The molecule has 0 spiro atoms. The highest BCUT2D eigenvalue weighted by atomic mass is 15.2. The van der Waals surface area contributed by atoms with Gasteiger partial charge in [0, 0.05) is 26.6 Å². The molecule has 1 fully saturated rings. The Morgan fingerprint density at radius 3 is 2.93 bits per heavy atom. The molecule has 0 atom stereocenters. The molecule has 3 heteroatoms. The van der Waals surface area contributed by atoms with Crippen LogP contribution < -0.4 is 5.32 Å². The number of piperidine rings is 1. The largest absolute Gasteiger partial charge is 0.363 e. The molecule has 3 nitrogen and oxygen atoms in total. The van der Waals surface area contributed by atoms with E-state index in [9.17, 15) is 0 Å². The Hall–Kier alpha value is -0.570. The highest BCUT2D eigenvalue weighted by molar-refractivity contribution is 5.82. The van der Waals surface area contributed by atoms with E-state index in [4.69, 9.17) is 0 Å². The molecule has 2 heterocycles. The molecule has 0 saturated carbocycles. The molecule has 0 aromatic heterocycles. The van der Waals surface area contributed by atoms with Gasteiger partial charge in [0.25, 0.3) is 0 Å². The zero-order valence-electron chi connectivity index (χ0n) is 9.13. The van der Waals surface area contributed by atoms with E-state index in [-0.39, 0.29) is 0 Å². The summed E-state index contributed by atoms with van der Waals surface area (Å²) in [6, 6.07) is 0. The maximum Gasteiger partial charge on any atom is 0.0989 e. The molecular formula is C11H21N3. The Morgan fingerprint density at radius 1 is 1.43 bits per heavy atom. The molecule has 0 amide bonds. The van der Waals surface area contributed by atoms with E-state index >= 15 is 0 Å². The Morgan fingerprint density at radius 2 is 2.21 bits per heavy atom. The number of amidine groups is 1. The maximum atomic E-state index is 4.63. The topological polar surface area (TPSA) is 27.6 Å².